The highest BCUT2D eigenvalue weighted by Gasteiger charge is 2.14. The predicted octanol–water partition coefficient (Wildman–Crippen LogP) is 4.94. The van der Waals surface area contributed by atoms with Gasteiger partial charge in [0.2, 0.25) is 5.91 Å². The molecule has 0 atom stereocenters. The first-order chi connectivity index (χ1) is 14.0. The van der Waals surface area contributed by atoms with Crippen LogP contribution in [0, 0.1) is 20.7 Å². The molecule has 0 fully saturated rings. The second kappa shape index (κ2) is 10.1. The van der Waals surface area contributed by atoms with Crippen molar-refractivity contribution in [3.8, 4) is 6.07 Å². The molecule has 0 aromatic heterocycles. The Hall–Kier alpha value is -2.76. The summed E-state index contributed by atoms with van der Waals surface area (Å²) < 4.78 is 14.6. The molecule has 6 heteroatoms. The Kier molecular flexibility index (Phi) is 7.33. The van der Waals surface area contributed by atoms with Crippen LogP contribution in [0.25, 0.3) is 0 Å². The highest BCUT2D eigenvalue weighted by molar-refractivity contribution is 14.1. The molecule has 3 rings (SSSR count). The van der Waals surface area contributed by atoms with E-state index < -0.39 is 0 Å². The van der Waals surface area contributed by atoms with Gasteiger partial charge in [0.1, 0.15) is 5.82 Å². The molecular formula is C23H19FIN3O. The summed E-state index contributed by atoms with van der Waals surface area (Å²) in [5, 5.41) is 11.9. The standard InChI is InChI=1S/C23H19FIN3O/c24-20-5-3-4-19(12-20)15-28(14-18-10-8-17(13-26)9-11-18)16-23(29)27-22-7-2-1-6-21(22)25/h1-12H,14-16H2,(H,27,29). The van der Waals surface area contributed by atoms with E-state index in [1.165, 1.54) is 12.1 Å². The van der Waals surface area contributed by atoms with Gasteiger partial charge in [-0.2, -0.15) is 5.26 Å². The van der Waals surface area contributed by atoms with Gasteiger partial charge in [-0.25, -0.2) is 4.39 Å². The second-order valence-electron chi connectivity index (χ2n) is 6.61. The quantitative estimate of drug-likeness (QED) is 0.469. The van der Waals surface area contributed by atoms with Gasteiger partial charge in [-0.1, -0.05) is 36.4 Å². The van der Waals surface area contributed by atoms with Gasteiger partial charge in [0.15, 0.2) is 0 Å². The summed E-state index contributed by atoms with van der Waals surface area (Å²) in [7, 11) is 0. The van der Waals surface area contributed by atoms with E-state index in [2.05, 4.69) is 34.0 Å². The van der Waals surface area contributed by atoms with E-state index in [0.717, 1.165) is 20.4 Å². The molecule has 0 bridgehead atoms. The number of para-hydroxylation sites is 1. The van der Waals surface area contributed by atoms with Crippen molar-refractivity contribution in [2.24, 2.45) is 0 Å². The maximum absolute atomic E-state index is 13.6. The fourth-order valence-electron chi connectivity index (χ4n) is 2.96. The Morgan fingerprint density at radius 3 is 2.41 bits per heavy atom. The molecule has 4 nitrogen and oxygen atoms in total. The maximum Gasteiger partial charge on any atom is 0.238 e. The number of benzene rings is 3. The van der Waals surface area contributed by atoms with E-state index in [4.69, 9.17) is 5.26 Å². The molecule has 0 aliphatic carbocycles. The summed E-state index contributed by atoms with van der Waals surface area (Å²) in [6.45, 7) is 1.08. The van der Waals surface area contributed by atoms with E-state index in [1.807, 2.05) is 47.4 Å². The van der Waals surface area contributed by atoms with E-state index in [1.54, 1.807) is 18.2 Å². The van der Waals surface area contributed by atoms with Crippen molar-refractivity contribution < 1.29 is 9.18 Å². The number of nitrogens with zero attached hydrogens (tertiary/aromatic N) is 2. The van der Waals surface area contributed by atoms with Gasteiger partial charge in [0, 0.05) is 16.7 Å². The van der Waals surface area contributed by atoms with Crippen molar-refractivity contribution in [3.63, 3.8) is 0 Å². The van der Waals surface area contributed by atoms with Crippen LogP contribution in [0.5, 0.6) is 0 Å². The summed E-state index contributed by atoms with van der Waals surface area (Å²) in [4.78, 5) is 14.6. The van der Waals surface area contributed by atoms with Crippen molar-refractivity contribution >= 4 is 34.2 Å². The number of halogens is 2. The van der Waals surface area contributed by atoms with Crippen LogP contribution in [0.2, 0.25) is 0 Å². The Labute approximate surface area is 183 Å². The molecule has 0 heterocycles. The summed E-state index contributed by atoms with van der Waals surface area (Å²) in [6.07, 6.45) is 0. The summed E-state index contributed by atoms with van der Waals surface area (Å²) in [5.74, 6) is -0.441. The smallest absolute Gasteiger partial charge is 0.238 e. The number of hydrogen-bond acceptors (Lipinski definition) is 3. The van der Waals surface area contributed by atoms with Crippen LogP contribution in [0.4, 0.5) is 10.1 Å². The average molecular weight is 499 g/mol. The number of nitriles is 1. The molecule has 0 aliphatic heterocycles. The van der Waals surface area contributed by atoms with Gasteiger partial charge < -0.3 is 5.32 Å². The van der Waals surface area contributed by atoms with Crippen LogP contribution in [0.1, 0.15) is 16.7 Å². The first kappa shape index (κ1) is 21.0. The first-order valence-corrected chi connectivity index (χ1v) is 10.1. The van der Waals surface area contributed by atoms with Crippen molar-refractivity contribution in [1.29, 1.82) is 5.26 Å². The van der Waals surface area contributed by atoms with Crippen molar-refractivity contribution in [2.75, 3.05) is 11.9 Å². The van der Waals surface area contributed by atoms with Crippen molar-refractivity contribution in [1.82, 2.24) is 4.90 Å². The molecule has 29 heavy (non-hydrogen) atoms. The van der Waals surface area contributed by atoms with Gasteiger partial charge in [-0.05, 0) is 70.1 Å². The Bertz CT molecular complexity index is 1030. The third-order valence-electron chi connectivity index (χ3n) is 4.30. The van der Waals surface area contributed by atoms with E-state index in [9.17, 15) is 9.18 Å². The van der Waals surface area contributed by atoms with Crippen LogP contribution in [-0.2, 0) is 17.9 Å². The van der Waals surface area contributed by atoms with Crippen LogP contribution in [-0.4, -0.2) is 17.4 Å². The minimum Gasteiger partial charge on any atom is -0.324 e. The number of rotatable bonds is 7. The molecule has 0 unspecified atom stereocenters. The van der Waals surface area contributed by atoms with Crippen molar-refractivity contribution in [3.05, 3.63) is 98.9 Å². The molecule has 0 radical (unpaired) electrons. The van der Waals surface area contributed by atoms with Gasteiger partial charge in [-0.15, -0.1) is 0 Å². The van der Waals surface area contributed by atoms with E-state index in [0.29, 0.717) is 18.7 Å². The van der Waals surface area contributed by atoms with E-state index >= 15 is 0 Å². The Balaban J connectivity index is 1.74. The van der Waals surface area contributed by atoms with Gasteiger partial charge in [-0.3, -0.25) is 9.69 Å². The number of nitrogens with one attached hydrogen (secondary N) is 1. The van der Waals surface area contributed by atoms with Crippen LogP contribution < -0.4 is 5.32 Å². The lowest BCUT2D eigenvalue weighted by atomic mass is 10.1. The lowest BCUT2D eigenvalue weighted by Gasteiger charge is -2.22. The molecule has 1 N–H and O–H groups in total. The largest absolute Gasteiger partial charge is 0.324 e. The minimum absolute atomic E-state index is 0.140. The molecule has 146 valence electrons. The summed E-state index contributed by atoms with van der Waals surface area (Å²) >= 11 is 2.18. The molecule has 1 amide bonds. The molecule has 0 aliphatic rings. The first-order valence-electron chi connectivity index (χ1n) is 9.04. The highest BCUT2D eigenvalue weighted by atomic mass is 127. The predicted molar refractivity (Wildman–Crippen MR) is 119 cm³/mol. The molecule has 0 saturated heterocycles. The van der Waals surface area contributed by atoms with Crippen LogP contribution in [0.3, 0.4) is 0 Å². The Morgan fingerprint density at radius 2 is 1.72 bits per heavy atom. The number of anilines is 1. The third kappa shape index (κ3) is 6.38. The van der Waals surface area contributed by atoms with Crippen molar-refractivity contribution in [2.45, 2.75) is 13.1 Å². The van der Waals surface area contributed by atoms with Gasteiger partial charge in [0.05, 0.1) is 23.9 Å². The minimum atomic E-state index is -0.302. The lowest BCUT2D eigenvalue weighted by molar-refractivity contribution is -0.117. The average Bonchev–Trinajstić information content (AvgIpc) is 2.70. The summed E-state index contributed by atoms with van der Waals surface area (Å²) in [5.41, 5.74) is 3.12. The highest BCUT2D eigenvalue weighted by Crippen LogP contribution is 2.17. The Morgan fingerprint density at radius 1 is 1.00 bits per heavy atom. The zero-order valence-electron chi connectivity index (χ0n) is 15.6. The lowest BCUT2D eigenvalue weighted by Crippen LogP contribution is -2.32. The van der Waals surface area contributed by atoms with Crippen LogP contribution >= 0.6 is 22.6 Å². The number of carbonyl (C=O) groups excluding carboxylic acids is 1. The number of carbonyl (C=O) groups is 1. The maximum atomic E-state index is 13.6. The summed E-state index contributed by atoms with van der Waals surface area (Å²) in [6, 6.07) is 23.3. The monoisotopic (exact) mass is 499 g/mol. The molecule has 0 saturated carbocycles. The topological polar surface area (TPSA) is 56.1 Å². The fourth-order valence-corrected chi connectivity index (χ4v) is 3.48. The normalized spacial score (nSPS) is 10.6. The molecule has 3 aromatic carbocycles. The van der Waals surface area contributed by atoms with Crippen LogP contribution in [0.15, 0.2) is 72.8 Å². The van der Waals surface area contributed by atoms with Gasteiger partial charge in [0.25, 0.3) is 0 Å². The number of amides is 1. The zero-order valence-corrected chi connectivity index (χ0v) is 17.8. The SMILES string of the molecule is N#Cc1ccc(CN(CC(=O)Nc2ccccc2I)Cc2cccc(F)c2)cc1. The molecule has 0 spiro atoms. The zero-order chi connectivity index (χ0) is 20.6. The third-order valence-corrected chi connectivity index (χ3v) is 5.24. The molecule has 3 aromatic rings. The molecular weight excluding hydrogens is 480 g/mol. The van der Waals surface area contributed by atoms with E-state index in [-0.39, 0.29) is 18.3 Å². The fraction of sp³-hybridized carbons (Fsp3) is 0.130. The van der Waals surface area contributed by atoms with Gasteiger partial charge >= 0.3 is 0 Å². The number of hydrogen-bond donors (Lipinski definition) is 1. The second-order valence-corrected chi connectivity index (χ2v) is 7.77.